The van der Waals surface area contributed by atoms with Crippen molar-refractivity contribution in [2.45, 2.75) is 25.9 Å². The van der Waals surface area contributed by atoms with Gasteiger partial charge in [0.05, 0.1) is 19.8 Å². The molecule has 0 amide bonds. The summed E-state index contributed by atoms with van der Waals surface area (Å²) in [6.45, 7) is 4.71. The molecule has 7 heteroatoms. The molecule has 1 atom stereocenters. The predicted octanol–water partition coefficient (Wildman–Crippen LogP) is -0.164. The quantitative estimate of drug-likeness (QED) is 0.682. The van der Waals surface area contributed by atoms with E-state index in [1.54, 1.807) is 7.11 Å². The summed E-state index contributed by atoms with van der Waals surface area (Å²) in [5.41, 5.74) is 0. The van der Waals surface area contributed by atoms with Gasteiger partial charge in [-0.05, 0) is 23.3 Å². The van der Waals surface area contributed by atoms with E-state index >= 15 is 0 Å². The zero-order valence-corrected chi connectivity index (χ0v) is 10.8. The highest BCUT2D eigenvalue weighted by atomic mass is 16.5. The van der Waals surface area contributed by atoms with Gasteiger partial charge in [0.25, 0.3) is 0 Å². The first-order valence-electron chi connectivity index (χ1n) is 6.42. The van der Waals surface area contributed by atoms with Gasteiger partial charge in [-0.25, -0.2) is 4.68 Å². The summed E-state index contributed by atoms with van der Waals surface area (Å²) in [6, 6.07) is 0. The third-order valence-corrected chi connectivity index (χ3v) is 3.06. The molecule has 1 aromatic rings. The summed E-state index contributed by atoms with van der Waals surface area (Å²) in [6.07, 6.45) is 2.32. The molecular weight excluding hydrogens is 234 g/mol. The average molecular weight is 255 g/mol. The van der Waals surface area contributed by atoms with Crippen molar-refractivity contribution >= 4 is 0 Å². The molecule has 2 heterocycles. The minimum atomic E-state index is 0.528. The van der Waals surface area contributed by atoms with E-state index in [4.69, 9.17) is 9.47 Å². The number of nitrogens with one attached hydrogen (secondary N) is 1. The molecule has 1 aliphatic heterocycles. The predicted molar refractivity (Wildman–Crippen MR) is 64.9 cm³/mol. The molecule has 1 N–H and O–H groups in total. The van der Waals surface area contributed by atoms with Crippen LogP contribution in [0.25, 0.3) is 0 Å². The number of rotatable bonds is 7. The highest BCUT2D eigenvalue weighted by Crippen LogP contribution is 2.15. The second-order valence-electron chi connectivity index (χ2n) is 4.53. The fourth-order valence-electron chi connectivity index (χ4n) is 2.06. The van der Waals surface area contributed by atoms with Gasteiger partial charge in [0.2, 0.25) is 0 Å². The number of hydrogen-bond donors (Lipinski definition) is 1. The standard InChI is InChI=1S/C11H21N5O2/c1-17-6-4-12-7-11-13-14-15-16(11)8-10-3-2-5-18-9-10/h10,12H,2-9H2,1H3. The second-order valence-corrected chi connectivity index (χ2v) is 4.53. The molecular formula is C11H21N5O2. The van der Waals surface area contributed by atoms with Crippen LogP contribution in [0.15, 0.2) is 0 Å². The molecule has 0 spiro atoms. The maximum absolute atomic E-state index is 5.47. The normalized spacial score (nSPS) is 20.2. The van der Waals surface area contributed by atoms with Crippen LogP contribution in [0.2, 0.25) is 0 Å². The van der Waals surface area contributed by atoms with E-state index in [0.717, 1.165) is 38.5 Å². The van der Waals surface area contributed by atoms with Crippen LogP contribution in [0.3, 0.4) is 0 Å². The van der Waals surface area contributed by atoms with Crippen molar-refractivity contribution in [2.75, 3.05) is 33.5 Å². The monoisotopic (exact) mass is 255 g/mol. The molecule has 0 aliphatic carbocycles. The number of tetrazole rings is 1. The molecule has 2 rings (SSSR count). The molecule has 1 unspecified atom stereocenters. The summed E-state index contributed by atoms with van der Waals surface area (Å²) in [5.74, 6) is 1.40. The largest absolute Gasteiger partial charge is 0.383 e. The number of nitrogens with zero attached hydrogens (tertiary/aromatic N) is 4. The molecule has 0 bridgehead atoms. The van der Waals surface area contributed by atoms with Crippen LogP contribution in [-0.2, 0) is 22.6 Å². The van der Waals surface area contributed by atoms with E-state index in [2.05, 4.69) is 20.8 Å². The van der Waals surface area contributed by atoms with Crippen LogP contribution in [0.5, 0.6) is 0 Å². The minimum Gasteiger partial charge on any atom is -0.383 e. The van der Waals surface area contributed by atoms with Crippen LogP contribution in [0.4, 0.5) is 0 Å². The third-order valence-electron chi connectivity index (χ3n) is 3.06. The van der Waals surface area contributed by atoms with Crippen molar-refractivity contribution in [1.82, 2.24) is 25.5 Å². The van der Waals surface area contributed by atoms with Gasteiger partial charge in [-0.1, -0.05) is 0 Å². The Labute approximate surface area is 107 Å². The maximum atomic E-state index is 5.47. The van der Waals surface area contributed by atoms with E-state index in [1.807, 2.05) is 4.68 Å². The minimum absolute atomic E-state index is 0.528. The van der Waals surface area contributed by atoms with Gasteiger partial charge in [-0.15, -0.1) is 5.10 Å². The molecule has 18 heavy (non-hydrogen) atoms. The van der Waals surface area contributed by atoms with Gasteiger partial charge in [0.15, 0.2) is 5.82 Å². The lowest BCUT2D eigenvalue weighted by Crippen LogP contribution is -2.26. The Morgan fingerprint density at radius 3 is 3.28 bits per heavy atom. The van der Waals surface area contributed by atoms with Gasteiger partial charge < -0.3 is 14.8 Å². The van der Waals surface area contributed by atoms with Gasteiger partial charge in [-0.2, -0.15) is 0 Å². The van der Waals surface area contributed by atoms with Crippen molar-refractivity contribution in [3.63, 3.8) is 0 Å². The Morgan fingerprint density at radius 1 is 1.56 bits per heavy atom. The maximum Gasteiger partial charge on any atom is 0.165 e. The van der Waals surface area contributed by atoms with Gasteiger partial charge >= 0.3 is 0 Å². The zero-order chi connectivity index (χ0) is 12.6. The lowest BCUT2D eigenvalue weighted by molar-refractivity contribution is 0.0464. The van der Waals surface area contributed by atoms with E-state index in [1.165, 1.54) is 6.42 Å². The van der Waals surface area contributed by atoms with Crippen LogP contribution < -0.4 is 5.32 Å². The lowest BCUT2D eigenvalue weighted by Gasteiger charge is -2.21. The first kappa shape index (κ1) is 13.4. The first-order chi connectivity index (χ1) is 8.90. The molecule has 0 saturated carbocycles. The Balaban J connectivity index is 1.79. The highest BCUT2D eigenvalue weighted by Gasteiger charge is 2.17. The SMILES string of the molecule is COCCNCc1nnnn1CC1CCCOC1. The fourth-order valence-corrected chi connectivity index (χ4v) is 2.06. The van der Waals surface area contributed by atoms with Gasteiger partial charge in [-0.3, -0.25) is 0 Å². The van der Waals surface area contributed by atoms with E-state index in [0.29, 0.717) is 19.1 Å². The van der Waals surface area contributed by atoms with Crippen LogP contribution in [0, 0.1) is 5.92 Å². The highest BCUT2D eigenvalue weighted by molar-refractivity contribution is 4.81. The van der Waals surface area contributed by atoms with E-state index < -0.39 is 0 Å². The number of hydrogen-bond acceptors (Lipinski definition) is 6. The van der Waals surface area contributed by atoms with Gasteiger partial charge in [0.1, 0.15) is 0 Å². The van der Waals surface area contributed by atoms with Crippen LogP contribution in [-0.4, -0.2) is 53.7 Å². The number of aromatic nitrogens is 4. The number of methoxy groups -OCH3 is 1. The topological polar surface area (TPSA) is 74.1 Å². The van der Waals surface area contributed by atoms with Crippen molar-refractivity contribution in [3.8, 4) is 0 Å². The first-order valence-corrected chi connectivity index (χ1v) is 6.42. The fraction of sp³-hybridized carbons (Fsp3) is 0.909. The summed E-state index contributed by atoms with van der Waals surface area (Å²) in [7, 11) is 1.69. The molecule has 1 fully saturated rings. The Kier molecular flexibility index (Phi) is 5.50. The Bertz CT molecular complexity index is 338. The molecule has 1 saturated heterocycles. The van der Waals surface area contributed by atoms with Crippen molar-refractivity contribution in [1.29, 1.82) is 0 Å². The summed E-state index contributed by atoms with van der Waals surface area (Å²) in [4.78, 5) is 0. The zero-order valence-electron chi connectivity index (χ0n) is 10.8. The van der Waals surface area contributed by atoms with E-state index in [-0.39, 0.29) is 0 Å². The van der Waals surface area contributed by atoms with E-state index in [9.17, 15) is 0 Å². The number of ether oxygens (including phenoxy) is 2. The molecule has 0 radical (unpaired) electrons. The van der Waals surface area contributed by atoms with Gasteiger partial charge in [0, 0.05) is 32.7 Å². The smallest absolute Gasteiger partial charge is 0.165 e. The molecule has 102 valence electrons. The molecule has 1 aliphatic rings. The molecule has 7 nitrogen and oxygen atoms in total. The Hall–Kier alpha value is -1.05. The third kappa shape index (κ3) is 4.01. The van der Waals surface area contributed by atoms with Crippen LogP contribution in [0.1, 0.15) is 18.7 Å². The summed E-state index contributed by atoms with van der Waals surface area (Å²) < 4.78 is 12.3. The summed E-state index contributed by atoms with van der Waals surface area (Å²) >= 11 is 0. The molecule has 1 aromatic heterocycles. The Morgan fingerprint density at radius 2 is 2.50 bits per heavy atom. The van der Waals surface area contributed by atoms with Crippen molar-refractivity contribution in [2.24, 2.45) is 5.92 Å². The van der Waals surface area contributed by atoms with Crippen molar-refractivity contribution < 1.29 is 9.47 Å². The second kappa shape index (κ2) is 7.40. The average Bonchev–Trinajstić information content (AvgIpc) is 2.83. The summed E-state index contributed by atoms with van der Waals surface area (Å²) in [5, 5.41) is 15.1. The van der Waals surface area contributed by atoms with Crippen LogP contribution >= 0.6 is 0 Å². The molecule has 0 aromatic carbocycles. The van der Waals surface area contributed by atoms with Crippen molar-refractivity contribution in [3.05, 3.63) is 5.82 Å². The lowest BCUT2D eigenvalue weighted by atomic mass is 10.0.